The minimum Gasteiger partial charge on any atom is -0.321 e. The highest BCUT2D eigenvalue weighted by molar-refractivity contribution is 7.92. The molecule has 0 unspecified atom stereocenters. The summed E-state index contributed by atoms with van der Waals surface area (Å²) in [4.78, 5) is 10.8. The molecule has 7 heteroatoms. The highest BCUT2D eigenvalue weighted by atomic mass is 32.2. The van der Waals surface area contributed by atoms with E-state index in [1.165, 1.54) is 30.7 Å². The van der Waals surface area contributed by atoms with Gasteiger partial charge in [-0.15, -0.1) is 0 Å². The van der Waals surface area contributed by atoms with E-state index in [0.717, 1.165) is 0 Å². The van der Waals surface area contributed by atoms with Gasteiger partial charge in [-0.1, -0.05) is 6.07 Å². The molecule has 94 valence electrons. The molecule has 0 saturated carbocycles. The van der Waals surface area contributed by atoms with Crippen LogP contribution in [0.5, 0.6) is 0 Å². The summed E-state index contributed by atoms with van der Waals surface area (Å²) >= 11 is 0. The molecule has 1 rings (SSSR count). The van der Waals surface area contributed by atoms with Gasteiger partial charge in [0.15, 0.2) is 0 Å². The van der Waals surface area contributed by atoms with Crippen LogP contribution in [0.2, 0.25) is 0 Å². The average molecular weight is 262 g/mol. The van der Waals surface area contributed by atoms with Gasteiger partial charge in [0.1, 0.15) is 0 Å². The van der Waals surface area contributed by atoms with E-state index in [4.69, 9.17) is 0 Å². The van der Waals surface area contributed by atoms with Gasteiger partial charge >= 0.3 is 6.43 Å². The average Bonchev–Trinajstić information content (AvgIpc) is 2.15. The van der Waals surface area contributed by atoms with Gasteiger partial charge in [0.2, 0.25) is 0 Å². The maximum atomic E-state index is 12.0. The van der Waals surface area contributed by atoms with Crippen LogP contribution in [0.15, 0.2) is 28.6 Å². The maximum Gasteiger partial charge on any atom is 0.315 e. The third-order valence-corrected chi connectivity index (χ3v) is 2.29. The van der Waals surface area contributed by atoms with Gasteiger partial charge in [0.05, 0.1) is 5.69 Å². The molecule has 1 amide bonds. The lowest BCUT2D eigenvalue weighted by Gasteiger charge is -2.05. The molecule has 0 atom stereocenters. The number of alkyl halides is 2. The van der Waals surface area contributed by atoms with Crippen molar-refractivity contribution in [3.05, 3.63) is 24.3 Å². The second-order valence-electron chi connectivity index (χ2n) is 3.61. The largest absolute Gasteiger partial charge is 0.321 e. The Kier molecular flexibility index (Phi) is 4.17. The van der Waals surface area contributed by atoms with Crippen LogP contribution in [0.1, 0.15) is 0 Å². The Morgan fingerprint density at radius 2 is 2.06 bits per heavy atom. The number of carbonyl (C=O) groups is 1. The molecule has 0 aliphatic heterocycles. The summed E-state index contributed by atoms with van der Waals surface area (Å²) in [5.41, 5.74) is 0.562. The number of anilines is 1. The van der Waals surface area contributed by atoms with Crippen molar-refractivity contribution in [1.29, 1.82) is 0 Å². The van der Waals surface area contributed by atoms with Crippen LogP contribution in [0.25, 0.3) is 0 Å². The molecular formula is C10H12F2N2O2S. The number of nitrogens with one attached hydrogen (secondary N) is 1. The van der Waals surface area contributed by atoms with Crippen LogP contribution in [0.4, 0.5) is 20.2 Å². The Hall–Kier alpha value is -1.50. The molecule has 1 N–H and O–H groups in total. The Balaban J connectivity index is 2.95. The van der Waals surface area contributed by atoms with Crippen molar-refractivity contribution >= 4 is 27.0 Å². The first-order valence-electron chi connectivity index (χ1n) is 4.64. The van der Waals surface area contributed by atoms with Crippen LogP contribution < -0.4 is 5.32 Å². The van der Waals surface area contributed by atoms with E-state index in [1.54, 1.807) is 6.07 Å². The second kappa shape index (κ2) is 5.22. The minimum atomic E-state index is -3.07. The Morgan fingerprint density at radius 1 is 1.41 bits per heavy atom. The number of hydrogen-bond donors (Lipinski definition) is 1. The highest BCUT2D eigenvalue weighted by Gasteiger charge is 2.14. The summed E-state index contributed by atoms with van der Waals surface area (Å²) in [5, 5.41) is 2.03. The molecule has 0 spiro atoms. The van der Waals surface area contributed by atoms with Crippen LogP contribution in [0.3, 0.4) is 0 Å². The molecule has 0 bridgehead atoms. The molecule has 1 aromatic carbocycles. The van der Waals surface area contributed by atoms with Crippen LogP contribution in [-0.4, -0.2) is 29.1 Å². The van der Waals surface area contributed by atoms with E-state index < -0.39 is 22.1 Å². The highest BCUT2D eigenvalue weighted by Crippen LogP contribution is 2.19. The Morgan fingerprint density at radius 3 is 2.59 bits per heavy atom. The van der Waals surface area contributed by atoms with Gasteiger partial charge in [0.25, 0.3) is 5.91 Å². The third kappa shape index (κ3) is 4.90. The van der Waals surface area contributed by atoms with E-state index in [9.17, 15) is 17.8 Å². The maximum absolute atomic E-state index is 12.0. The molecule has 0 heterocycles. The first-order valence-corrected chi connectivity index (χ1v) is 6.97. The van der Waals surface area contributed by atoms with E-state index in [0.29, 0.717) is 5.69 Å². The zero-order chi connectivity index (χ0) is 13.1. The van der Waals surface area contributed by atoms with Gasteiger partial charge in [-0.2, -0.15) is 13.1 Å². The van der Waals surface area contributed by atoms with E-state index in [-0.39, 0.29) is 5.69 Å². The third-order valence-electron chi connectivity index (χ3n) is 1.64. The summed E-state index contributed by atoms with van der Waals surface area (Å²) in [6.07, 6.45) is -0.161. The fourth-order valence-electron chi connectivity index (χ4n) is 1.09. The zero-order valence-corrected chi connectivity index (χ0v) is 10.1. The number of hydrogen-bond acceptors (Lipinski definition) is 3. The van der Waals surface area contributed by atoms with Crippen molar-refractivity contribution in [3.8, 4) is 0 Å². The van der Waals surface area contributed by atoms with E-state index >= 15 is 0 Å². The molecule has 17 heavy (non-hydrogen) atoms. The van der Waals surface area contributed by atoms with Gasteiger partial charge < -0.3 is 5.32 Å². The van der Waals surface area contributed by atoms with E-state index in [1.807, 2.05) is 5.32 Å². The first kappa shape index (κ1) is 13.6. The second-order valence-corrected chi connectivity index (χ2v) is 6.16. The smallest absolute Gasteiger partial charge is 0.315 e. The molecule has 0 saturated heterocycles. The molecule has 0 aliphatic rings. The summed E-state index contributed by atoms with van der Waals surface area (Å²) in [5.74, 6) is -1.38. The predicted molar refractivity (Wildman–Crippen MR) is 63.2 cm³/mol. The van der Waals surface area contributed by atoms with Gasteiger partial charge in [-0.05, 0) is 18.2 Å². The quantitative estimate of drug-likeness (QED) is 0.908. The standard InChI is InChI=1S/C10H12F2N2O2S/c1-17(2,16)14-8-5-3-4-7(6-8)13-10(15)9(11)12/h3-6,9H,1-2H3,(H,13,15). The zero-order valence-electron chi connectivity index (χ0n) is 9.31. The molecule has 4 nitrogen and oxygen atoms in total. The van der Waals surface area contributed by atoms with Crippen LogP contribution in [-0.2, 0) is 14.5 Å². The molecule has 0 fully saturated rings. The Bertz CT molecular complexity index is 529. The summed E-state index contributed by atoms with van der Waals surface area (Å²) < 4.78 is 39.3. The van der Waals surface area contributed by atoms with Crippen molar-refractivity contribution in [2.75, 3.05) is 17.8 Å². The van der Waals surface area contributed by atoms with Gasteiger partial charge in [-0.25, -0.2) is 4.21 Å². The van der Waals surface area contributed by atoms with Crippen molar-refractivity contribution in [3.63, 3.8) is 0 Å². The van der Waals surface area contributed by atoms with Crippen molar-refractivity contribution < 1.29 is 17.8 Å². The fraction of sp³-hybridized carbons (Fsp3) is 0.300. The lowest BCUT2D eigenvalue weighted by atomic mass is 10.3. The minimum absolute atomic E-state index is 0.195. The fourth-order valence-corrected chi connectivity index (χ4v) is 1.71. The van der Waals surface area contributed by atoms with E-state index in [2.05, 4.69) is 4.36 Å². The summed E-state index contributed by atoms with van der Waals surface area (Å²) in [7, 11) is -2.32. The molecule has 0 aliphatic carbocycles. The molecular weight excluding hydrogens is 250 g/mol. The normalized spacial score (nSPS) is 11.4. The predicted octanol–water partition coefficient (Wildman–Crippen LogP) is 2.25. The number of rotatable bonds is 3. The SMILES string of the molecule is CS(C)(=O)=Nc1cccc(NC(=O)C(F)F)c1. The first-order chi connectivity index (χ1) is 7.78. The number of amides is 1. The van der Waals surface area contributed by atoms with Crippen molar-refractivity contribution in [2.45, 2.75) is 6.43 Å². The lowest BCUT2D eigenvalue weighted by molar-refractivity contribution is -0.126. The number of halogens is 2. The number of nitrogens with zero attached hydrogens (tertiary/aromatic N) is 1. The van der Waals surface area contributed by atoms with Gasteiger partial charge in [-0.3, -0.25) is 4.79 Å². The summed E-state index contributed by atoms with van der Waals surface area (Å²) in [6.45, 7) is 0. The van der Waals surface area contributed by atoms with Crippen LogP contribution in [0, 0.1) is 0 Å². The Labute approximate surface area is 98.2 Å². The molecule has 1 aromatic rings. The monoisotopic (exact) mass is 262 g/mol. The molecule has 0 aromatic heterocycles. The van der Waals surface area contributed by atoms with Crippen molar-refractivity contribution in [2.24, 2.45) is 4.36 Å². The van der Waals surface area contributed by atoms with Gasteiger partial charge in [0, 0.05) is 27.9 Å². The van der Waals surface area contributed by atoms with Crippen LogP contribution >= 0.6 is 0 Å². The lowest BCUT2D eigenvalue weighted by Crippen LogP contribution is -2.19. The summed E-state index contributed by atoms with van der Waals surface area (Å²) in [6, 6.07) is 5.94. The van der Waals surface area contributed by atoms with Crippen molar-refractivity contribution in [1.82, 2.24) is 0 Å². The molecule has 0 radical (unpaired) electrons. The number of carbonyl (C=O) groups excluding carboxylic acids is 1. The number of benzene rings is 1. The topological polar surface area (TPSA) is 58.5 Å².